The lowest BCUT2D eigenvalue weighted by Crippen LogP contribution is -2.39. The number of likely N-dealkylation sites (tertiary alicyclic amines) is 1. The molecule has 0 radical (unpaired) electrons. The predicted molar refractivity (Wildman–Crippen MR) is 90.1 cm³/mol. The maximum Gasteiger partial charge on any atom is 0.223 e. The van der Waals surface area contributed by atoms with E-state index in [1.807, 2.05) is 4.90 Å². The number of amides is 1. The number of carbonyl (C=O) groups is 1. The molecule has 1 amide bonds. The van der Waals surface area contributed by atoms with E-state index in [1.165, 1.54) is 25.0 Å². The number of carbonyl (C=O) groups excluding carboxylic acids is 1. The average molecular weight is 345 g/mol. The van der Waals surface area contributed by atoms with E-state index in [1.54, 1.807) is 23.9 Å². The summed E-state index contributed by atoms with van der Waals surface area (Å²) in [5.41, 5.74) is 0. The number of hydrogen-bond acceptors (Lipinski definition) is 3. The highest BCUT2D eigenvalue weighted by atomic mass is 35.5. The van der Waals surface area contributed by atoms with Crippen molar-refractivity contribution in [3.05, 3.63) is 30.1 Å². The van der Waals surface area contributed by atoms with Crippen LogP contribution in [0.15, 0.2) is 29.2 Å². The summed E-state index contributed by atoms with van der Waals surface area (Å²) in [4.78, 5) is 15.3. The van der Waals surface area contributed by atoms with E-state index in [0.717, 1.165) is 30.2 Å². The quantitative estimate of drug-likeness (QED) is 0.852. The number of thioether (sulfide) groups is 1. The summed E-state index contributed by atoms with van der Waals surface area (Å²) in [5.74, 6) is 0.782. The Morgan fingerprint density at radius 2 is 1.95 bits per heavy atom. The topological polar surface area (TPSA) is 32.3 Å². The van der Waals surface area contributed by atoms with Gasteiger partial charge < -0.3 is 10.2 Å². The molecule has 22 heavy (non-hydrogen) atoms. The Labute approximate surface area is 141 Å². The summed E-state index contributed by atoms with van der Waals surface area (Å²) in [7, 11) is 0. The van der Waals surface area contributed by atoms with Gasteiger partial charge in [0.05, 0.1) is 0 Å². The molecule has 0 spiro atoms. The maximum absolute atomic E-state index is 12.8. The molecule has 0 aliphatic carbocycles. The van der Waals surface area contributed by atoms with Crippen LogP contribution < -0.4 is 5.32 Å². The minimum absolute atomic E-state index is 0. The van der Waals surface area contributed by atoms with Crippen LogP contribution in [-0.2, 0) is 4.79 Å². The molecule has 2 bridgehead atoms. The normalized spacial score (nSPS) is 23.8. The number of nitrogens with zero attached hydrogens (tertiary/aromatic N) is 1. The predicted octanol–water partition coefficient (Wildman–Crippen LogP) is 3.08. The lowest BCUT2D eigenvalue weighted by molar-refractivity contribution is -0.130. The van der Waals surface area contributed by atoms with Crippen LogP contribution in [0, 0.1) is 5.82 Å². The molecule has 0 aromatic heterocycles. The van der Waals surface area contributed by atoms with E-state index in [2.05, 4.69) is 5.32 Å². The van der Waals surface area contributed by atoms with E-state index < -0.39 is 0 Å². The fourth-order valence-corrected chi connectivity index (χ4v) is 3.96. The van der Waals surface area contributed by atoms with E-state index in [9.17, 15) is 9.18 Å². The number of nitrogens with one attached hydrogen (secondary N) is 1. The fourth-order valence-electron chi connectivity index (χ4n) is 3.11. The summed E-state index contributed by atoms with van der Waals surface area (Å²) < 4.78 is 12.8. The molecule has 6 heteroatoms. The highest BCUT2D eigenvalue weighted by Gasteiger charge is 2.30. The molecule has 2 unspecified atom stereocenters. The number of fused-ring (bicyclic) bond motifs is 2. The van der Waals surface area contributed by atoms with Gasteiger partial charge in [0.2, 0.25) is 5.91 Å². The Bertz CT molecular complexity index is 499. The molecule has 2 aliphatic heterocycles. The zero-order valence-corrected chi connectivity index (χ0v) is 14.1. The van der Waals surface area contributed by atoms with E-state index in [4.69, 9.17) is 0 Å². The smallest absolute Gasteiger partial charge is 0.223 e. The lowest BCUT2D eigenvalue weighted by Gasteiger charge is -2.24. The summed E-state index contributed by atoms with van der Waals surface area (Å²) >= 11 is 1.61. The molecular formula is C16H22ClFN2OS. The number of halogens is 2. The van der Waals surface area contributed by atoms with Crippen LogP contribution in [0.25, 0.3) is 0 Å². The van der Waals surface area contributed by atoms with Crippen LogP contribution in [0.1, 0.15) is 25.7 Å². The van der Waals surface area contributed by atoms with Gasteiger partial charge in [0.25, 0.3) is 0 Å². The molecule has 2 fully saturated rings. The van der Waals surface area contributed by atoms with Crippen molar-refractivity contribution < 1.29 is 9.18 Å². The van der Waals surface area contributed by atoms with Crippen molar-refractivity contribution in [2.45, 2.75) is 42.7 Å². The Balaban J connectivity index is 0.00000176. The average Bonchev–Trinajstić information content (AvgIpc) is 2.80. The Morgan fingerprint density at radius 1 is 1.23 bits per heavy atom. The number of benzene rings is 1. The summed E-state index contributed by atoms with van der Waals surface area (Å²) in [6.07, 6.45) is 4.08. The largest absolute Gasteiger partial charge is 0.341 e. The maximum atomic E-state index is 12.8. The highest BCUT2D eigenvalue weighted by Crippen LogP contribution is 2.22. The third-order valence-corrected chi connectivity index (χ3v) is 5.29. The molecule has 1 N–H and O–H groups in total. The Hall–Kier alpha value is -0.780. The third-order valence-electron chi connectivity index (χ3n) is 4.27. The number of hydrogen-bond donors (Lipinski definition) is 1. The van der Waals surface area contributed by atoms with Crippen LogP contribution in [0.4, 0.5) is 4.39 Å². The first-order chi connectivity index (χ1) is 10.2. The molecule has 0 saturated carbocycles. The van der Waals surface area contributed by atoms with Crippen molar-refractivity contribution in [2.24, 2.45) is 0 Å². The lowest BCUT2D eigenvalue weighted by atomic mass is 10.1. The van der Waals surface area contributed by atoms with Gasteiger partial charge in [-0.05, 0) is 43.5 Å². The van der Waals surface area contributed by atoms with Gasteiger partial charge in [-0.2, -0.15) is 0 Å². The van der Waals surface area contributed by atoms with Crippen LogP contribution in [0.2, 0.25) is 0 Å². The van der Waals surface area contributed by atoms with Crippen molar-refractivity contribution in [3.8, 4) is 0 Å². The van der Waals surface area contributed by atoms with Gasteiger partial charge in [0.15, 0.2) is 0 Å². The first-order valence-electron chi connectivity index (χ1n) is 7.63. The minimum Gasteiger partial charge on any atom is -0.341 e. The van der Waals surface area contributed by atoms with Crippen molar-refractivity contribution in [3.63, 3.8) is 0 Å². The van der Waals surface area contributed by atoms with Crippen LogP contribution in [-0.4, -0.2) is 41.7 Å². The van der Waals surface area contributed by atoms with Crippen LogP contribution in [0.5, 0.6) is 0 Å². The monoisotopic (exact) mass is 344 g/mol. The fraction of sp³-hybridized carbons (Fsp3) is 0.562. The molecule has 1 aromatic carbocycles. The molecule has 3 rings (SSSR count). The Kier molecular flexibility index (Phi) is 6.53. The van der Waals surface area contributed by atoms with E-state index in [0.29, 0.717) is 18.5 Å². The van der Waals surface area contributed by atoms with Gasteiger partial charge in [-0.25, -0.2) is 4.39 Å². The van der Waals surface area contributed by atoms with E-state index >= 15 is 0 Å². The van der Waals surface area contributed by atoms with Crippen molar-refractivity contribution >= 4 is 30.1 Å². The Morgan fingerprint density at radius 3 is 2.73 bits per heavy atom. The van der Waals surface area contributed by atoms with Crippen LogP contribution in [0.3, 0.4) is 0 Å². The molecular weight excluding hydrogens is 323 g/mol. The molecule has 2 heterocycles. The van der Waals surface area contributed by atoms with Gasteiger partial charge in [0, 0.05) is 42.2 Å². The summed E-state index contributed by atoms with van der Waals surface area (Å²) in [6, 6.07) is 7.55. The molecule has 2 aliphatic rings. The van der Waals surface area contributed by atoms with Crippen molar-refractivity contribution in [1.29, 1.82) is 0 Å². The number of rotatable bonds is 4. The summed E-state index contributed by atoms with van der Waals surface area (Å²) in [5, 5.41) is 3.59. The molecule has 2 atom stereocenters. The second-order valence-corrected chi connectivity index (χ2v) is 6.99. The SMILES string of the molecule is Cl.O=C(CCSc1ccc(F)cc1)N1CCC2CCC(C1)N2. The standard InChI is InChI=1S/C16H21FN2OS.ClH/c17-12-1-5-15(6-2-12)21-10-8-16(20)19-9-7-13-3-4-14(11-19)18-13;/h1-2,5-6,13-14,18H,3-4,7-11H2;1H. The second kappa shape index (κ2) is 8.18. The summed E-state index contributed by atoms with van der Waals surface area (Å²) in [6.45, 7) is 1.74. The van der Waals surface area contributed by atoms with Crippen molar-refractivity contribution in [2.75, 3.05) is 18.8 Å². The van der Waals surface area contributed by atoms with Crippen molar-refractivity contribution in [1.82, 2.24) is 10.2 Å². The highest BCUT2D eigenvalue weighted by molar-refractivity contribution is 7.99. The van der Waals surface area contributed by atoms with Gasteiger partial charge >= 0.3 is 0 Å². The first-order valence-corrected chi connectivity index (χ1v) is 8.61. The molecule has 1 aromatic rings. The zero-order valence-electron chi connectivity index (χ0n) is 12.5. The zero-order chi connectivity index (χ0) is 14.7. The third kappa shape index (κ3) is 4.61. The van der Waals surface area contributed by atoms with Gasteiger partial charge in [-0.3, -0.25) is 4.79 Å². The molecule has 3 nitrogen and oxygen atoms in total. The minimum atomic E-state index is -0.220. The van der Waals surface area contributed by atoms with Gasteiger partial charge in [-0.1, -0.05) is 0 Å². The van der Waals surface area contributed by atoms with Gasteiger partial charge in [0.1, 0.15) is 5.82 Å². The second-order valence-electron chi connectivity index (χ2n) is 5.82. The molecule has 2 saturated heterocycles. The molecule has 122 valence electrons. The van der Waals surface area contributed by atoms with Gasteiger partial charge in [-0.15, -0.1) is 24.2 Å². The van der Waals surface area contributed by atoms with Crippen LogP contribution >= 0.6 is 24.2 Å². The first kappa shape index (κ1) is 17.6. The van der Waals surface area contributed by atoms with E-state index in [-0.39, 0.29) is 24.1 Å².